The normalized spacial score (nSPS) is 18.8. The Bertz CT molecular complexity index is 768. The largest absolute Gasteiger partial charge is 0.444 e. The average Bonchev–Trinajstić information content (AvgIpc) is 2.89. The summed E-state index contributed by atoms with van der Waals surface area (Å²) in [5.41, 5.74) is 6.21. The molecule has 1 aromatic heterocycles. The number of fused-ring (bicyclic) bond motifs is 1. The molecule has 0 radical (unpaired) electrons. The third kappa shape index (κ3) is 3.27. The molecule has 1 unspecified atom stereocenters. The van der Waals surface area contributed by atoms with Crippen LogP contribution >= 0.6 is 0 Å². The van der Waals surface area contributed by atoms with Crippen LogP contribution in [0.2, 0.25) is 0 Å². The highest BCUT2D eigenvalue weighted by molar-refractivity contribution is 5.78. The van der Waals surface area contributed by atoms with E-state index in [9.17, 15) is 9.18 Å². The van der Waals surface area contributed by atoms with Gasteiger partial charge in [-0.05, 0) is 39.7 Å². The van der Waals surface area contributed by atoms with Crippen molar-refractivity contribution in [2.75, 3.05) is 18.8 Å². The minimum atomic E-state index is -0.537. The maximum atomic E-state index is 13.8. The number of amides is 1. The van der Waals surface area contributed by atoms with E-state index in [0.29, 0.717) is 24.1 Å². The lowest BCUT2D eigenvalue weighted by atomic mass is 10.1. The van der Waals surface area contributed by atoms with Gasteiger partial charge in [-0.3, -0.25) is 0 Å². The fourth-order valence-corrected chi connectivity index (χ4v) is 2.89. The van der Waals surface area contributed by atoms with Gasteiger partial charge in [-0.25, -0.2) is 13.9 Å². The molecule has 1 aromatic carbocycles. The molecule has 2 heterocycles. The lowest BCUT2D eigenvalue weighted by Crippen LogP contribution is -2.43. The molecule has 1 fully saturated rings. The number of benzene rings is 1. The van der Waals surface area contributed by atoms with E-state index in [4.69, 9.17) is 10.5 Å². The number of likely N-dealkylation sites (tertiary alicyclic amines) is 1. The first-order valence-electron chi connectivity index (χ1n) is 8.02. The predicted molar refractivity (Wildman–Crippen MR) is 88.0 cm³/mol. The van der Waals surface area contributed by atoms with E-state index < -0.39 is 11.4 Å². The summed E-state index contributed by atoms with van der Waals surface area (Å²) in [4.78, 5) is 13.9. The minimum Gasteiger partial charge on any atom is -0.444 e. The van der Waals surface area contributed by atoms with Gasteiger partial charge in [0, 0.05) is 19.2 Å². The van der Waals surface area contributed by atoms with Crippen LogP contribution in [0.5, 0.6) is 0 Å². The lowest BCUT2D eigenvalue weighted by molar-refractivity contribution is 0.0168. The summed E-state index contributed by atoms with van der Waals surface area (Å²) in [6, 6.07) is 2.75. The second kappa shape index (κ2) is 5.92. The summed E-state index contributed by atoms with van der Waals surface area (Å²) in [5, 5.41) is 8.19. The molecular weight excluding hydrogens is 313 g/mol. The van der Waals surface area contributed by atoms with Crippen LogP contribution in [0.1, 0.15) is 39.7 Å². The molecule has 3 rings (SSSR count). The first kappa shape index (κ1) is 16.5. The van der Waals surface area contributed by atoms with Crippen LogP contribution in [0, 0.1) is 5.82 Å². The van der Waals surface area contributed by atoms with Crippen molar-refractivity contribution in [1.29, 1.82) is 0 Å². The predicted octanol–water partition coefficient (Wildman–Crippen LogP) is 2.72. The number of carbonyl (C=O) groups is 1. The number of piperidine rings is 1. The van der Waals surface area contributed by atoms with Crippen LogP contribution in [-0.2, 0) is 4.74 Å². The van der Waals surface area contributed by atoms with Crippen molar-refractivity contribution in [2.45, 2.75) is 45.3 Å². The zero-order chi connectivity index (χ0) is 17.5. The Morgan fingerprint density at radius 3 is 2.88 bits per heavy atom. The van der Waals surface area contributed by atoms with Crippen molar-refractivity contribution in [3.05, 3.63) is 17.9 Å². The Labute approximate surface area is 139 Å². The van der Waals surface area contributed by atoms with Crippen molar-refractivity contribution in [1.82, 2.24) is 19.9 Å². The van der Waals surface area contributed by atoms with E-state index in [1.54, 1.807) is 9.58 Å². The highest BCUT2D eigenvalue weighted by atomic mass is 19.1. The zero-order valence-electron chi connectivity index (χ0n) is 14.1. The number of nitrogens with zero attached hydrogens (tertiary/aromatic N) is 4. The van der Waals surface area contributed by atoms with Crippen LogP contribution in [-0.4, -0.2) is 44.7 Å². The topological polar surface area (TPSA) is 86.3 Å². The Hall–Kier alpha value is -2.38. The molecule has 0 aliphatic carbocycles. The van der Waals surface area contributed by atoms with Gasteiger partial charge < -0.3 is 15.4 Å². The molecular formula is C16H22FN5O2. The first-order chi connectivity index (χ1) is 11.2. The molecule has 1 aliphatic heterocycles. The third-order valence-electron chi connectivity index (χ3n) is 3.98. The van der Waals surface area contributed by atoms with Crippen LogP contribution in [0.25, 0.3) is 11.0 Å². The lowest BCUT2D eigenvalue weighted by Gasteiger charge is -2.34. The summed E-state index contributed by atoms with van der Waals surface area (Å²) in [6.45, 7) is 6.61. The first-order valence-corrected chi connectivity index (χ1v) is 8.02. The van der Waals surface area contributed by atoms with Gasteiger partial charge >= 0.3 is 6.09 Å². The fraction of sp³-hybridized carbons (Fsp3) is 0.562. The maximum absolute atomic E-state index is 13.8. The van der Waals surface area contributed by atoms with Gasteiger partial charge in [-0.15, -0.1) is 5.10 Å². The molecule has 8 heteroatoms. The quantitative estimate of drug-likeness (QED) is 0.810. The van der Waals surface area contributed by atoms with Gasteiger partial charge in [0.25, 0.3) is 0 Å². The van der Waals surface area contributed by atoms with Crippen molar-refractivity contribution >= 4 is 22.8 Å². The molecule has 0 bridgehead atoms. The second-order valence-electron chi connectivity index (χ2n) is 7.12. The van der Waals surface area contributed by atoms with Gasteiger partial charge in [0.2, 0.25) is 0 Å². The number of ether oxygens (including phenoxy) is 1. The molecule has 1 atom stereocenters. The summed E-state index contributed by atoms with van der Waals surface area (Å²) in [7, 11) is 0. The van der Waals surface area contributed by atoms with E-state index >= 15 is 0 Å². The molecule has 130 valence electrons. The van der Waals surface area contributed by atoms with Gasteiger partial charge in [0.15, 0.2) is 0 Å². The van der Waals surface area contributed by atoms with Gasteiger partial charge in [-0.2, -0.15) is 0 Å². The molecule has 2 N–H and O–H groups in total. The molecule has 0 saturated carbocycles. The van der Waals surface area contributed by atoms with Crippen LogP contribution in [0.15, 0.2) is 12.1 Å². The van der Waals surface area contributed by atoms with Crippen molar-refractivity contribution in [3.8, 4) is 0 Å². The SMILES string of the molecule is CC(C)(C)OC(=O)N1CCCC(n2nnc3cc(N)c(F)cc32)C1. The summed E-state index contributed by atoms with van der Waals surface area (Å²) in [5.74, 6) is -0.495. The smallest absolute Gasteiger partial charge is 0.410 e. The van der Waals surface area contributed by atoms with E-state index in [1.165, 1.54) is 12.1 Å². The van der Waals surface area contributed by atoms with Crippen molar-refractivity contribution < 1.29 is 13.9 Å². The standard InChI is InChI=1S/C16H22FN5O2/c1-16(2,3)24-15(23)21-6-4-5-10(9-21)22-14-7-11(17)12(18)8-13(14)19-20-22/h7-8,10H,4-6,9,18H2,1-3H3. The summed E-state index contributed by atoms with van der Waals surface area (Å²) < 4.78 is 20.9. The number of hydrogen-bond donors (Lipinski definition) is 1. The number of rotatable bonds is 1. The summed E-state index contributed by atoms with van der Waals surface area (Å²) >= 11 is 0. The van der Waals surface area contributed by atoms with Gasteiger partial charge in [0.05, 0.1) is 17.2 Å². The van der Waals surface area contributed by atoms with E-state index in [-0.39, 0.29) is 17.8 Å². The highest BCUT2D eigenvalue weighted by Crippen LogP contribution is 2.27. The maximum Gasteiger partial charge on any atom is 0.410 e. The number of halogens is 1. The Morgan fingerprint density at radius 2 is 2.17 bits per heavy atom. The Morgan fingerprint density at radius 1 is 1.42 bits per heavy atom. The minimum absolute atomic E-state index is 0.0496. The van der Waals surface area contributed by atoms with Crippen molar-refractivity contribution in [3.63, 3.8) is 0 Å². The second-order valence-corrected chi connectivity index (χ2v) is 7.12. The number of nitrogens with two attached hydrogens (primary N) is 1. The molecule has 24 heavy (non-hydrogen) atoms. The highest BCUT2D eigenvalue weighted by Gasteiger charge is 2.29. The molecule has 1 aliphatic rings. The van der Waals surface area contributed by atoms with Crippen LogP contribution in [0.4, 0.5) is 14.9 Å². The van der Waals surface area contributed by atoms with Gasteiger partial charge in [-0.1, -0.05) is 5.21 Å². The van der Waals surface area contributed by atoms with Crippen LogP contribution in [0.3, 0.4) is 0 Å². The molecule has 7 nitrogen and oxygen atoms in total. The molecule has 1 saturated heterocycles. The van der Waals surface area contributed by atoms with E-state index in [2.05, 4.69) is 10.3 Å². The fourth-order valence-electron chi connectivity index (χ4n) is 2.89. The summed E-state index contributed by atoms with van der Waals surface area (Å²) in [6.07, 6.45) is 1.32. The zero-order valence-corrected chi connectivity index (χ0v) is 14.1. The number of carbonyl (C=O) groups excluding carboxylic acids is 1. The average molecular weight is 335 g/mol. The monoisotopic (exact) mass is 335 g/mol. The number of hydrogen-bond acceptors (Lipinski definition) is 5. The molecule has 1 amide bonds. The molecule has 0 spiro atoms. The number of aromatic nitrogens is 3. The van der Waals surface area contributed by atoms with Gasteiger partial charge in [0.1, 0.15) is 16.9 Å². The Balaban J connectivity index is 1.82. The third-order valence-corrected chi connectivity index (χ3v) is 3.98. The van der Waals surface area contributed by atoms with Crippen molar-refractivity contribution in [2.24, 2.45) is 0 Å². The number of anilines is 1. The number of nitrogen functional groups attached to an aromatic ring is 1. The molecule has 2 aromatic rings. The van der Waals surface area contributed by atoms with Crippen LogP contribution < -0.4 is 5.73 Å². The van der Waals surface area contributed by atoms with E-state index in [0.717, 1.165) is 12.8 Å². The van der Waals surface area contributed by atoms with E-state index in [1.807, 2.05) is 20.8 Å². The Kier molecular flexibility index (Phi) is 4.06.